The lowest BCUT2D eigenvalue weighted by Crippen LogP contribution is -2.48. The first-order valence-corrected chi connectivity index (χ1v) is 8.45. The molecule has 0 spiro atoms. The molecule has 0 radical (unpaired) electrons. The summed E-state index contributed by atoms with van der Waals surface area (Å²) in [7, 11) is 1.63. The lowest BCUT2D eigenvalue weighted by Gasteiger charge is -2.28. The number of carbonyl (C=O) groups excluding carboxylic acids is 1. The van der Waals surface area contributed by atoms with Crippen molar-refractivity contribution in [3.05, 3.63) is 29.8 Å². The molecule has 7 nitrogen and oxygen atoms in total. The molecule has 1 aromatic carbocycles. The van der Waals surface area contributed by atoms with Gasteiger partial charge in [0, 0.05) is 38.2 Å². The smallest absolute Gasteiger partial charge is 0.326 e. The zero-order valence-corrected chi connectivity index (χ0v) is 14.4. The lowest BCUT2D eigenvalue weighted by molar-refractivity contribution is -0.142. The van der Waals surface area contributed by atoms with Crippen molar-refractivity contribution in [2.45, 2.75) is 25.3 Å². The maximum Gasteiger partial charge on any atom is 0.326 e. The summed E-state index contributed by atoms with van der Waals surface area (Å²) in [6, 6.07) is 5.75. The molecule has 1 aliphatic rings. The standard InChI is InChI=1S/C18H25NO6/c1-23-8-4-10-25-15-7-2-5-13(11-15)17(20)19-16(18(21)22)14-6-3-9-24-12-14/h2,5,7,11,14,16H,3-4,6,8-10,12H2,1H3,(H,19,20)(H,21,22). The van der Waals surface area contributed by atoms with Gasteiger partial charge in [-0.2, -0.15) is 0 Å². The maximum atomic E-state index is 12.4. The van der Waals surface area contributed by atoms with E-state index in [2.05, 4.69) is 5.32 Å². The van der Waals surface area contributed by atoms with Gasteiger partial charge in [0.15, 0.2) is 0 Å². The Labute approximate surface area is 147 Å². The number of ether oxygens (including phenoxy) is 3. The molecular weight excluding hydrogens is 326 g/mol. The number of rotatable bonds is 9. The van der Waals surface area contributed by atoms with Gasteiger partial charge in [0.05, 0.1) is 13.2 Å². The number of carbonyl (C=O) groups is 2. The Morgan fingerprint density at radius 1 is 1.40 bits per heavy atom. The highest BCUT2D eigenvalue weighted by atomic mass is 16.5. The third-order valence-corrected chi connectivity index (χ3v) is 4.08. The molecule has 2 unspecified atom stereocenters. The van der Waals surface area contributed by atoms with E-state index in [-0.39, 0.29) is 5.92 Å². The molecule has 2 N–H and O–H groups in total. The number of benzene rings is 1. The van der Waals surface area contributed by atoms with Crippen LogP contribution in [0.4, 0.5) is 0 Å². The molecule has 1 fully saturated rings. The van der Waals surface area contributed by atoms with Crippen LogP contribution in [-0.4, -0.2) is 56.6 Å². The summed E-state index contributed by atoms with van der Waals surface area (Å²) in [5.41, 5.74) is 0.368. The average Bonchev–Trinajstić information content (AvgIpc) is 2.64. The van der Waals surface area contributed by atoms with Crippen LogP contribution in [0, 0.1) is 5.92 Å². The molecule has 7 heteroatoms. The number of nitrogens with one attached hydrogen (secondary N) is 1. The van der Waals surface area contributed by atoms with Crippen LogP contribution in [-0.2, 0) is 14.3 Å². The van der Waals surface area contributed by atoms with Crippen LogP contribution in [0.15, 0.2) is 24.3 Å². The molecule has 1 heterocycles. The van der Waals surface area contributed by atoms with E-state index in [9.17, 15) is 14.7 Å². The van der Waals surface area contributed by atoms with Gasteiger partial charge in [-0.3, -0.25) is 4.79 Å². The van der Waals surface area contributed by atoms with Gasteiger partial charge < -0.3 is 24.6 Å². The first-order chi connectivity index (χ1) is 12.1. The molecule has 25 heavy (non-hydrogen) atoms. The van der Waals surface area contributed by atoms with Crippen LogP contribution < -0.4 is 10.1 Å². The van der Waals surface area contributed by atoms with Crippen molar-refractivity contribution in [1.29, 1.82) is 0 Å². The molecule has 1 saturated heterocycles. The van der Waals surface area contributed by atoms with Crippen LogP contribution >= 0.6 is 0 Å². The summed E-state index contributed by atoms with van der Waals surface area (Å²) >= 11 is 0. The summed E-state index contributed by atoms with van der Waals surface area (Å²) in [6.07, 6.45) is 2.27. The third kappa shape index (κ3) is 6.03. The molecule has 2 atom stereocenters. The molecule has 0 saturated carbocycles. The summed E-state index contributed by atoms with van der Waals surface area (Å²) in [5.74, 6) is -1.13. The average molecular weight is 351 g/mol. The van der Waals surface area contributed by atoms with Gasteiger partial charge in [-0.25, -0.2) is 4.79 Å². The van der Waals surface area contributed by atoms with Gasteiger partial charge in [0.2, 0.25) is 0 Å². The monoisotopic (exact) mass is 351 g/mol. The Kier molecular flexibility index (Phi) is 7.69. The van der Waals surface area contributed by atoms with Crippen molar-refractivity contribution in [2.75, 3.05) is 33.5 Å². The summed E-state index contributed by atoms with van der Waals surface area (Å²) in [6.45, 7) is 2.07. The Hall–Kier alpha value is -2.12. The second-order valence-corrected chi connectivity index (χ2v) is 5.99. The highest BCUT2D eigenvalue weighted by Crippen LogP contribution is 2.19. The number of carboxylic acids is 1. The zero-order chi connectivity index (χ0) is 18.1. The van der Waals surface area contributed by atoms with Gasteiger partial charge >= 0.3 is 5.97 Å². The normalized spacial score (nSPS) is 18.4. The van der Waals surface area contributed by atoms with E-state index in [0.717, 1.165) is 19.3 Å². The summed E-state index contributed by atoms with van der Waals surface area (Å²) in [4.78, 5) is 24.0. The first kappa shape index (κ1) is 19.2. The number of carboxylic acid groups (broad SMARTS) is 1. The van der Waals surface area contributed by atoms with Crippen LogP contribution in [0.25, 0.3) is 0 Å². The number of hydrogen-bond donors (Lipinski definition) is 2. The third-order valence-electron chi connectivity index (χ3n) is 4.08. The molecular formula is C18H25NO6. The minimum absolute atomic E-state index is 0.219. The number of amides is 1. The Morgan fingerprint density at radius 2 is 2.24 bits per heavy atom. The fourth-order valence-corrected chi connectivity index (χ4v) is 2.75. The number of methoxy groups -OCH3 is 1. The van der Waals surface area contributed by atoms with Crippen LogP contribution in [0.1, 0.15) is 29.6 Å². The highest BCUT2D eigenvalue weighted by Gasteiger charge is 2.31. The minimum atomic E-state index is -1.05. The number of aliphatic carboxylic acids is 1. The fraction of sp³-hybridized carbons (Fsp3) is 0.556. The van der Waals surface area contributed by atoms with Crippen molar-refractivity contribution in [1.82, 2.24) is 5.32 Å². The predicted octanol–water partition coefficient (Wildman–Crippen LogP) is 1.71. The van der Waals surface area contributed by atoms with E-state index < -0.39 is 17.9 Å². The second kappa shape index (κ2) is 10.0. The van der Waals surface area contributed by atoms with E-state index in [4.69, 9.17) is 14.2 Å². The predicted molar refractivity (Wildman–Crippen MR) is 90.9 cm³/mol. The van der Waals surface area contributed by atoms with E-state index in [0.29, 0.717) is 37.7 Å². The van der Waals surface area contributed by atoms with Crippen molar-refractivity contribution in [2.24, 2.45) is 5.92 Å². The van der Waals surface area contributed by atoms with E-state index in [1.54, 1.807) is 31.4 Å². The van der Waals surface area contributed by atoms with E-state index >= 15 is 0 Å². The molecule has 0 aliphatic carbocycles. The van der Waals surface area contributed by atoms with Gasteiger partial charge in [-0.1, -0.05) is 6.07 Å². The van der Waals surface area contributed by atoms with Crippen LogP contribution in [0.3, 0.4) is 0 Å². The quantitative estimate of drug-likeness (QED) is 0.658. The van der Waals surface area contributed by atoms with E-state index in [1.165, 1.54) is 0 Å². The Balaban J connectivity index is 1.97. The van der Waals surface area contributed by atoms with Crippen molar-refractivity contribution >= 4 is 11.9 Å². The maximum absolute atomic E-state index is 12.4. The first-order valence-electron chi connectivity index (χ1n) is 8.45. The SMILES string of the molecule is COCCCOc1cccc(C(=O)NC(C(=O)O)C2CCCOC2)c1. The highest BCUT2D eigenvalue weighted by molar-refractivity contribution is 5.97. The van der Waals surface area contributed by atoms with E-state index in [1.807, 2.05) is 0 Å². The molecule has 138 valence electrons. The van der Waals surface area contributed by atoms with Gasteiger partial charge in [0.1, 0.15) is 11.8 Å². The Morgan fingerprint density at radius 3 is 2.92 bits per heavy atom. The lowest BCUT2D eigenvalue weighted by atomic mass is 9.93. The van der Waals surface area contributed by atoms with Gasteiger partial charge in [0.25, 0.3) is 5.91 Å². The number of hydrogen-bond acceptors (Lipinski definition) is 5. The second-order valence-electron chi connectivity index (χ2n) is 5.99. The van der Waals surface area contributed by atoms with Crippen molar-refractivity contribution < 1.29 is 28.9 Å². The molecule has 1 aliphatic heterocycles. The molecule has 0 bridgehead atoms. The summed E-state index contributed by atoms with van der Waals surface area (Å²) in [5, 5.41) is 12.0. The molecule has 0 aromatic heterocycles. The Bertz CT molecular complexity index is 570. The van der Waals surface area contributed by atoms with Crippen LogP contribution in [0.5, 0.6) is 5.75 Å². The van der Waals surface area contributed by atoms with Crippen molar-refractivity contribution in [3.8, 4) is 5.75 Å². The molecule has 2 rings (SSSR count). The topological polar surface area (TPSA) is 94.1 Å². The van der Waals surface area contributed by atoms with Crippen LogP contribution in [0.2, 0.25) is 0 Å². The largest absolute Gasteiger partial charge is 0.493 e. The molecule has 1 amide bonds. The van der Waals surface area contributed by atoms with Crippen molar-refractivity contribution in [3.63, 3.8) is 0 Å². The zero-order valence-electron chi connectivity index (χ0n) is 14.4. The van der Waals surface area contributed by atoms with Gasteiger partial charge in [-0.05, 0) is 31.0 Å². The summed E-state index contributed by atoms with van der Waals surface area (Å²) < 4.78 is 15.9. The fourth-order valence-electron chi connectivity index (χ4n) is 2.75. The van der Waals surface area contributed by atoms with Gasteiger partial charge in [-0.15, -0.1) is 0 Å². The molecule has 1 aromatic rings. The minimum Gasteiger partial charge on any atom is -0.493 e.